The van der Waals surface area contributed by atoms with Gasteiger partial charge >= 0.3 is 0 Å². The number of hydrogen-bond donors (Lipinski definition) is 2. The van der Waals surface area contributed by atoms with Crippen molar-refractivity contribution in [3.8, 4) is 6.07 Å². The molecule has 2 aromatic rings. The molecule has 0 saturated carbocycles. The molecule has 0 aliphatic heterocycles. The van der Waals surface area contributed by atoms with E-state index in [2.05, 4.69) is 9.82 Å². The lowest BCUT2D eigenvalue weighted by atomic mass is 10.2. The zero-order valence-corrected chi connectivity index (χ0v) is 12.6. The molecule has 0 atom stereocenters. The molecule has 7 nitrogen and oxygen atoms in total. The summed E-state index contributed by atoms with van der Waals surface area (Å²) in [4.78, 5) is -0.136. The Morgan fingerprint density at radius 2 is 2.24 bits per heavy atom. The zero-order chi connectivity index (χ0) is 15.6. The Balaban J connectivity index is 2.42. The summed E-state index contributed by atoms with van der Waals surface area (Å²) in [7, 11) is -3.93. The van der Waals surface area contributed by atoms with E-state index in [9.17, 15) is 8.42 Å². The summed E-state index contributed by atoms with van der Waals surface area (Å²) in [6.45, 7) is 2.30. The molecule has 0 amide bonds. The zero-order valence-electron chi connectivity index (χ0n) is 11.0. The van der Waals surface area contributed by atoms with Gasteiger partial charge < -0.3 is 5.73 Å². The third-order valence-electron chi connectivity index (χ3n) is 2.71. The smallest absolute Gasteiger partial charge is 0.267 e. The number of nitrogens with zero attached hydrogens (tertiary/aromatic N) is 3. The molecule has 0 spiro atoms. The van der Waals surface area contributed by atoms with Crippen LogP contribution in [0, 0.1) is 11.3 Å². The number of halogens is 1. The number of anilines is 2. The third-order valence-corrected chi connectivity index (χ3v) is 4.42. The van der Waals surface area contributed by atoms with Crippen molar-refractivity contribution in [2.24, 2.45) is 0 Å². The van der Waals surface area contributed by atoms with Crippen LogP contribution in [0.15, 0.2) is 29.3 Å². The maximum Gasteiger partial charge on any atom is 0.267 e. The highest BCUT2D eigenvalue weighted by Crippen LogP contribution is 2.27. The maximum absolute atomic E-state index is 12.3. The van der Waals surface area contributed by atoms with Crippen LogP contribution in [0.25, 0.3) is 0 Å². The van der Waals surface area contributed by atoms with Gasteiger partial charge in [-0.1, -0.05) is 11.6 Å². The highest BCUT2D eigenvalue weighted by molar-refractivity contribution is 7.92. The van der Waals surface area contributed by atoms with E-state index in [0.717, 1.165) is 0 Å². The van der Waals surface area contributed by atoms with Crippen molar-refractivity contribution in [1.82, 2.24) is 9.78 Å². The first kappa shape index (κ1) is 15.2. The molecule has 0 aliphatic carbocycles. The quantitative estimate of drug-likeness (QED) is 0.889. The molecule has 9 heteroatoms. The third kappa shape index (κ3) is 3.09. The van der Waals surface area contributed by atoms with E-state index in [4.69, 9.17) is 22.6 Å². The van der Waals surface area contributed by atoms with Crippen LogP contribution in [0.2, 0.25) is 5.02 Å². The van der Waals surface area contributed by atoms with E-state index >= 15 is 0 Å². The van der Waals surface area contributed by atoms with Crippen LogP contribution in [-0.4, -0.2) is 18.2 Å². The Bertz CT molecular complexity index is 823. The first-order valence-corrected chi connectivity index (χ1v) is 7.79. The van der Waals surface area contributed by atoms with Crippen molar-refractivity contribution in [2.45, 2.75) is 18.4 Å². The fourth-order valence-electron chi connectivity index (χ4n) is 1.66. The average Bonchev–Trinajstić information content (AvgIpc) is 2.83. The summed E-state index contributed by atoms with van der Waals surface area (Å²) in [5.74, 6) is -0.100. The molecule has 21 heavy (non-hydrogen) atoms. The minimum absolute atomic E-state index is 0.100. The van der Waals surface area contributed by atoms with Crippen LogP contribution in [0.4, 0.5) is 11.5 Å². The largest absolute Gasteiger partial charge is 0.381 e. The van der Waals surface area contributed by atoms with Crippen molar-refractivity contribution in [3.63, 3.8) is 0 Å². The standard InChI is InChI=1S/C12H12ClN5O2S/c1-2-18-7-11(12(15)16-18)21(19,20)17-10-5-8(6-14)3-4-9(10)13/h3-5,7,17H,2H2,1H3,(H2,15,16). The average molecular weight is 326 g/mol. The molecular weight excluding hydrogens is 314 g/mol. The fraction of sp³-hybridized carbons (Fsp3) is 0.167. The highest BCUT2D eigenvalue weighted by Gasteiger charge is 2.22. The van der Waals surface area contributed by atoms with Crippen molar-refractivity contribution in [3.05, 3.63) is 35.0 Å². The van der Waals surface area contributed by atoms with Crippen LogP contribution in [0.1, 0.15) is 12.5 Å². The lowest BCUT2D eigenvalue weighted by Crippen LogP contribution is -2.14. The van der Waals surface area contributed by atoms with Gasteiger partial charge in [-0.25, -0.2) is 8.42 Å². The lowest BCUT2D eigenvalue weighted by Gasteiger charge is -2.08. The summed E-state index contributed by atoms with van der Waals surface area (Å²) in [6.07, 6.45) is 1.33. The Morgan fingerprint density at radius 3 is 2.81 bits per heavy atom. The molecule has 0 aliphatic rings. The van der Waals surface area contributed by atoms with Gasteiger partial charge in [0, 0.05) is 12.7 Å². The first-order chi connectivity index (χ1) is 9.87. The molecule has 1 heterocycles. The summed E-state index contributed by atoms with van der Waals surface area (Å²) in [6, 6.07) is 6.19. The van der Waals surface area contributed by atoms with Gasteiger partial charge in [-0.15, -0.1) is 0 Å². The molecule has 0 radical (unpaired) electrons. The summed E-state index contributed by atoms with van der Waals surface area (Å²) in [5, 5.41) is 12.9. The van der Waals surface area contributed by atoms with Crippen LogP contribution < -0.4 is 10.5 Å². The molecule has 0 saturated heterocycles. The van der Waals surface area contributed by atoms with E-state index in [1.54, 1.807) is 0 Å². The van der Waals surface area contributed by atoms with Crippen LogP contribution in [-0.2, 0) is 16.6 Å². The molecular formula is C12H12ClN5O2S. The van der Waals surface area contributed by atoms with Gasteiger partial charge in [0.15, 0.2) is 5.82 Å². The van der Waals surface area contributed by atoms with Gasteiger partial charge in [-0.3, -0.25) is 9.40 Å². The van der Waals surface area contributed by atoms with Gasteiger partial charge in [0.1, 0.15) is 4.90 Å². The maximum atomic E-state index is 12.3. The second-order valence-corrected chi connectivity index (χ2v) is 6.20. The van der Waals surface area contributed by atoms with Crippen LogP contribution in [0.5, 0.6) is 0 Å². The number of benzene rings is 1. The number of hydrogen-bond acceptors (Lipinski definition) is 5. The molecule has 3 N–H and O–H groups in total. The summed E-state index contributed by atoms with van der Waals surface area (Å²) in [5.41, 5.74) is 6.01. The molecule has 1 aromatic heterocycles. The topological polar surface area (TPSA) is 114 Å². The van der Waals surface area contributed by atoms with Gasteiger partial charge in [-0.05, 0) is 25.1 Å². The van der Waals surface area contributed by atoms with Crippen molar-refractivity contribution < 1.29 is 8.42 Å². The number of nitriles is 1. The Hall–Kier alpha value is -2.24. The molecule has 110 valence electrons. The van der Waals surface area contributed by atoms with E-state index in [1.807, 2.05) is 13.0 Å². The Labute approximate surface area is 127 Å². The van der Waals surface area contributed by atoms with Gasteiger partial charge in [0.2, 0.25) is 0 Å². The molecule has 0 unspecified atom stereocenters. The summed E-state index contributed by atoms with van der Waals surface area (Å²) >= 11 is 5.93. The van der Waals surface area contributed by atoms with Gasteiger partial charge in [0.05, 0.1) is 22.3 Å². The Kier molecular flexibility index (Phi) is 4.06. The lowest BCUT2D eigenvalue weighted by molar-refractivity contribution is 0.600. The predicted molar refractivity (Wildman–Crippen MR) is 79.3 cm³/mol. The molecule has 0 bridgehead atoms. The van der Waals surface area contributed by atoms with Gasteiger partial charge in [-0.2, -0.15) is 10.4 Å². The van der Waals surface area contributed by atoms with Crippen molar-refractivity contribution in [2.75, 3.05) is 10.5 Å². The minimum atomic E-state index is -3.93. The predicted octanol–water partition coefficient (Wildman–Crippen LogP) is 1.81. The number of nitrogens with two attached hydrogens (primary N) is 1. The fourth-order valence-corrected chi connectivity index (χ4v) is 3.03. The molecule has 1 aromatic carbocycles. The van der Waals surface area contributed by atoms with Crippen LogP contribution in [0.3, 0.4) is 0 Å². The Morgan fingerprint density at radius 1 is 1.52 bits per heavy atom. The number of sulfonamides is 1. The SMILES string of the molecule is CCn1cc(S(=O)(=O)Nc2cc(C#N)ccc2Cl)c(N)n1. The number of nitrogens with one attached hydrogen (secondary N) is 1. The van der Waals surface area contributed by atoms with Crippen molar-refractivity contribution >= 4 is 33.1 Å². The minimum Gasteiger partial charge on any atom is -0.381 e. The van der Waals surface area contributed by atoms with Crippen LogP contribution >= 0.6 is 11.6 Å². The van der Waals surface area contributed by atoms with E-state index in [1.165, 1.54) is 29.1 Å². The van der Waals surface area contributed by atoms with E-state index in [-0.39, 0.29) is 27.0 Å². The number of aromatic nitrogens is 2. The monoisotopic (exact) mass is 325 g/mol. The highest BCUT2D eigenvalue weighted by atomic mass is 35.5. The second kappa shape index (κ2) is 5.63. The van der Waals surface area contributed by atoms with E-state index < -0.39 is 10.0 Å². The number of aryl methyl sites for hydroxylation is 1. The molecule has 0 fully saturated rings. The number of rotatable bonds is 4. The van der Waals surface area contributed by atoms with Gasteiger partial charge in [0.25, 0.3) is 10.0 Å². The second-order valence-electron chi connectivity index (χ2n) is 4.15. The molecule has 2 rings (SSSR count). The summed E-state index contributed by atoms with van der Waals surface area (Å²) < 4.78 is 28.4. The first-order valence-electron chi connectivity index (χ1n) is 5.92. The van der Waals surface area contributed by atoms with Crippen molar-refractivity contribution in [1.29, 1.82) is 5.26 Å². The normalized spacial score (nSPS) is 11.1. The number of nitrogen functional groups attached to an aromatic ring is 1. The van der Waals surface area contributed by atoms with E-state index in [0.29, 0.717) is 6.54 Å².